The third kappa shape index (κ3) is 2.57. The zero-order valence-corrected chi connectivity index (χ0v) is 7.32. The van der Waals surface area contributed by atoms with Crippen molar-refractivity contribution in [3.05, 3.63) is 11.6 Å². The van der Waals surface area contributed by atoms with Crippen LogP contribution in [0.4, 0.5) is 0 Å². The molecular weight excluding hydrogens is 170 g/mol. The van der Waals surface area contributed by atoms with Crippen LogP contribution in [-0.4, -0.2) is 23.5 Å². The molecule has 0 saturated carbocycles. The zero-order chi connectivity index (χ0) is 9.68. The number of aliphatic carboxylic acids is 1. The van der Waals surface area contributed by atoms with Crippen LogP contribution in [0.2, 0.25) is 0 Å². The number of amides is 1. The second kappa shape index (κ2) is 4.64. The fraction of sp³-hybridized carbons (Fsp3) is 0.556. The molecule has 0 aliphatic heterocycles. The summed E-state index contributed by atoms with van der Waals surface area (Å²) in [7, 11) is 0. The molecule has 0 aromatic heterocycles. The molecule has 1 unspecified atom stereocenters. The van der Waals surface area contributed by atoms with Crippen LogP contribution in [0.15, 0.2) is 11.6 Å². The molecule has 1 aliphatic carbocycles. The minimum atomic E-state index is -0.986. The van der Waals surface area contributed by atoms with E-state index >= 15 is 0 Å². The molecule has 4 nitrogen and oxygen atoms in total. The van der Waals surface area contributed by atoms with Crippen molar-refractivity contribution in [2.45, 2.75) is 31.7 Å². The zero-order valence-electron chi connectivity index (χ0n) is 7.32. The molecule has 0 bridgehead atoms. The highest BCUT2D eigenvalue weighted by Gasteiger charge is 2.21. The second-order valence-corrected chi connectivity index (χ2v) is 3.08. The molecule has 1 rings (SSSR count). The van der Waals surface area contributed by atoms with E-state index in [4.69, 9.17) is 5.11 Å². The number of hydrogen-bond acceptors (Lipinski definition) is 2. The largest absolute Gasteiger partial charge is 0.479 e. The molecular formula is C9H13NO3. The monoisotopic (exact) mass is 183 g/mol. The van der Waals surface area contributed by atoms with Crippen LogP contribution in [0.1, 0.15) is 25.7 Å². The highest BCUT2D eigenvalue weighted by molar-refractivity contribution is 5.80. The summed E-state index contributed by atoms with van der Waals surface area (Å²) in [5.41, 5.74) is 0.825. The average molecular weight is 183 g/mol. The standard InChI is InChI=1S/C9H13NO3/c11-6-10-8(9(12)13)7-4-2-1-3-5-7/h4,6,8H,1-3,5H2,(H,10,11)(H,12,13). The number of nitrogens with one attached hydrogen (secondary N) is 1. The van der Waals surface area contributed by atoms with E-state index in [-0.39, 0.29) is 0 Å². The summed E-state index contributed by atoms with van der Waals surface area (Å²) < 4.78 is 0. The number of rotatable bonds is 4. The molecule has 0 aromatic rings. The lowest BCUT2D eigenvalue weighted by molar-refractivity contribution is -0.139. The van der Waals surface area contributed by atoms with Crippen molar-refractivity contribution in [1.82, 2.24) is 5.32 Å². The van der Waals surface area contributed by atoms with Gasteiger partial charge in [0.25, 0.3) is 0 Å². The molecule has 1 amide bonds. The van der Waals surface area contributed by atoms with Crippen molar-refractivity contribution in [2.24, 2.45) is 0 Å². The SMILES string of the molecule is O=CNC(C(=O)O)C1=CCCCC1. The summed E-state index contributed by atoms with van der Waals surface area (Å²) >= 11 is 0. The van der Waals surface area contributed by atoms with Crippen LogP contribution in [-0.2, 0) is 9.59 Å². The van der Waals surface area contributed by atoms with E-state index in [0.29, 0.717) is 6.41 Å². The first-order valence-electron chi connectivity index (χ1n) is 4.37. The number of allylic oxidation sites excluding steroid dienone is 1. The fourth-order valence-electron chi connectivity index (χ4n) is 1.53. The van der Waals surface area contributed by atoms with Gasteiger partial charge in [0.05, 0.1) is 0 Å². The number of carbonyl (C=O) groups excluding carboxylic acids is 1. The third-order valence-corrected chi connectivity index (χ3v) is 2.18. The van der Waals surface area contributed by atoms with Gasteiger partial charge in [0.2, 0.25) is 6.41 Å². The lowest BCUT2D eigenvalue weighted by atomic mass is 9.94. The lowest BCUT2D eigenvalue weighted by Crippen LogP contribution is -2.37. The van der Waals surface area contributed by atoms with Crippen LogP contribution >= 0.6 is 0 Å². The first-order chi connectivity index (χ1) is 6.25. The van der Waals surface area contributed by atoms with Gasteiger partial charge in [-0.2, -0.15) is 0 Å². The van der Waals surface area contributed by atoms with Gasteiger partial charge >= 0.3 is 5.97 Å². The maximum absolute atomic E-state index is 10.7. The van der Waals surface area contributed by atoms with Gasteiger partial charge in [-0.15, -0.1) is 0 Å². The number of carboxylic acid groups (broad SMARTS) is 1. The first-order valence-corrected chi connectivity index (χ1v) is 4.37. The topological polar surface area (TPSA) is 66.4 Å². The van der Waals surface area contributed by atoms with Crippen LogP contribution in [0.3, 0.4) is 0 Å². The maximum Gasteiger partial charge on any atom is 0.330 e. The first kappa shape index (κ1) is 9.77. The summed E-state index contributed by atoms with van der Waals surface area (Å²) in [6.07, 6.45) is 6.16. The Labute approximate surface area is 76.6 Å². The predicted octanol–water partition coefficient (Wildman–Crippen LogP) is 0.686. The minimum absolute atomic E-state index is 0.439. The number of hydrogen-bond donors (Lipinski definition) is 2. The van der Waals surface area contributed by atoms with E-state index in [0.717, 1.165) is 31.3 Å². The smallest absolute Gasteiger partial charge is 0.330 e. The van der Waals surface area contributed by atoms with Gasteiger partial charge in [-0.1, -0.05) is 6.08 Å². The van der Waals surface area contributed by atoms with E-state index in [2.05, 4.69) is 5.32 Å². The summed E-state index contributed by atoms with van der Waals surface area (Å²) in [4.78, 5) is 20.9. The molecule has 2 N–H and O–H groups in total. The molecule has 0 aromatic carbocycles. The van der Waals surface area contributed by atoms with Gasteiger partial charge < -0.3 is 10.4 Å². The normalized spacial score (nSPS) is 18.6. The Morgan fingerprint density at radius 1 is 1.62 bits per heavy atom. The van der Waals surface area contributed by atoms with Gasteiger partial charge in [0.15, 0.2) is 0 Å². The van der Waals surface area contributed by atoms with Gasteiger partial charge in [0, 0.05) is 0 Å². The van der Waals surface area contributed by atoms with Crippen LogP contribution in [0, 0.1) is 0 Å². The Morgan fingerprint density at radius 2 is 2.38 bits per heavy atom. The summed E-state index contributed by atoms with van der Waals surface area (Å²) in [6.45, 7) is 0. The van der Waals surface area contributed by atoms with E-state index in [1.54, 1.807) is 0 Å². The lowest BCUT2D eigenvalue weighted by Gasteiger charge is -2.18. The van der Waals surface area contributed by atoms with Crippen molar-refractivity contribution in [3.63, 3.8) is 0 Å². The molecule has 1 aliphatic rings. The maximum atomic E-state index is 10.7. The van der Waals surface area contributed by atoms with E-state index in [1.807, 2.05) is 6.08 Å². The molecule has 13 heavy (non-hydrogen) atoms. The quantitative estimate of drug-likeness (QED) is 0.497. The summed E-state index contributed by atoms with van der Waals surface area (Å²) in [5, 5.41) is 11.1. The molecule has 0 heterocycles. The van der Waals surface area contributed by atoms with Gasteiger partial charge in [0.1, 0.15) is 6.04 Å². The van der Waals surface area contributed by atoms with E-state index < -0.39 is 12.0 Å². The van der Waals surface area contributed by atoms with Crippen LogP contribution in [0.25, 0.3) is 0 Å². The molecule has 0 saturated heterocycles. The average Bonchev–Trinajstić information content (AvgIpc) is 2.15. The minimum Gasteiger partial charge on any atom is -0.479 e. The summed E-state index contributed by atoms with van der Waals surface area (Å²) in [5.74, 6) is -0.986. The molecule has 1 atom stereocenters. The fourth-order valence-corrected chi connectivity index (χ4v) is 1.53. The number of carbonyl (C=O) groups is 2. The Kier molecular flexibility index (Phi) is 3.49. The van der Waals surface area contributed by atoms with Crippen molar-refractivity contribution < 1.29 is 14.7 Å². The Morgan fingerprint density at radius 3 is 2.85 bits per heavy atom. The summed E-state index contributed by atoms with van der Waals surface area (Å²) in [6, 6.07) is -0.821. The van der Waals surface area contributed by atoms with Crippen LogP contribution < -0.4 is 5.32 Å². The third-order valence-electron chi connectivity index (χ3n) is 2.18. The van der Waals surface area contributed by atoms with Gasteiger partial charge in [-0.25, -0.2) is 4.79 Å². The van der Waals surface area contributed by atoms with E-state index in [9.17, 15) is 9.59 Å². The predicted molar refractivity (Wildman–Crippen MR) is 47.2 cm³/mol. The Hall–Kier alpha value is -1.32. The van der Waals surface area contributed by atoms with Crippen molar-refractivity contribution in [3.8, 4) is 0 Å². The molecule has 0 radical (unpaired) electrons. The molecule has 0 fully saturated rings. The molecule has 0 spiro atoms. The van der Waals surface area contributed by atoms with Crippen molar-refractivity contribution in [1.29, 1.82) is 0 Å². The molecule has 4 heteroatoms. The molecule has 72 valence electrons. The van der Waals surface area contributed by atoms with Gasteiger partial charge in [-0.3, -0.25) is 4.79 Å². The van der Waals surface area contributed by atoms with Crippen molar-refractivity contribution >= 4 is 12.4 Å². The highest BCUT2D eigenvalue weighted by Crippen LogP contribution is 2.20. The van der Waals surface area contributed by atoms with Crippen molar-refractivity contribution in [2.75, 3.05) is 0 Å². The Balaban J connectivity index is 2.67. The highest BCUT2D eigenvalue weighted by atomic mass is 16.4. The Bertz CT molecular complexity index is 235. The van der Waals surface area contributed by atoms with Gasteiger partial charge in [-0.05, 0) is 31.3 Å². The van der Waals surface area contributed by atoms with E-state index in [1.165, 1.54) is 0 Å². The van der Waals surface area contributed by atoms with Crippen LogP contribution in [0.5, 0.6) is 0 Å². The number of carboxylic acids is 1. The second-order valence-electron chi connectivity index (χ2n) is 3.08.